The quantitative estimate of drug-likeness (QED) is 0.783. The van der Waals surface area contributed by atoms with Crippen LogP contribution in [0.15, 0.2) is 42.5 Å². The maximum Gasteiger partial charge on any atom is 0.231 e. The number of carbonyl (C=O) groups is 1. The van der Waals surface area contributed by atoms with Crippen LogP contribution in [-0.4, -0.2) is 44.5 Å². The molecule has 0 unspecified atom stereocenters. The van der Waals surface area contributed by atoms with Crippen molar-refractivity contribution in [3.05, 3.63) is 59.2 Å². The summed E-state index contributed by atoms with van der Waals surface area (Å²) in [6, 6.07) is 13.3. The van der Waals surface area contributed by atoms with Crippen molar-refractivity contribution in [2.75, 3.05) is 33.5 Å². The van der Waals surface area contributed by atoms with E-state index in [1.807, 2.05) is 42.5 Å². The van der Waals surface area contributed by atoms with Crippen molar-refractivity contribution in [1.82, 2.24) is 5.32 Å². The van der Waals surface area contributed by atoms with Crippen molar-refractivity contribution in [1.29, 1.82) is 0 Å². The Morgan fingerprint density at radius 1 is 1.21 bits per heavy atom. The first kappa shape index (κ1) is 19.7. The van der Waals surface area contributed by atoms with Crippen molar-refractivity contribution < 1.29 is 24.1 Å². The highest BCUT2D eigenvalue weighted by Gasteiger charge is 2.43. The van der Waals surface area contributed by atoms with E-state index in [2.05, 4.69) is 5.32 Å². The number of aliphatic hydroxyl groups is 1. The Labute approximate surface area is 170 Å². The normalized spacial score (nSPS) is 18.4. The highest BCUT2D eigenvalue weighted by molar-refractivity contribution is 5.89. The number of hydrogen-bond donors (Lipinski definition) is 2. The van der Waals surface area contributed by atoms with E-state index in [1.54, 1.807) is 7.11 Å². The SMILES string of the molecule is COc1ccccc1C1(C(=O)NC[C@@H](O)c2ccc3c(c2)CCO3)CCOCC1. The molecule has 6 heteroatoms. The molecule has 1 atom stereocenters. The van der Waals surface area contributed by atoms with Crippen LogP contribution in [0.1, 0.15) is 35.6 Å². The van der Waals surface area contributed by atoms with Crippen LogP contribution in [0, 0.1) is 0 Å². The van der Waals surface area contributed by atoms with Crippen LogP contribution >= 0.6 is 0 Å². The molecular weight excluding hydrogens is 370 g/mol. The van der Waals surface area contributed by atoms with Crippen molar-refractivity contribution >= 4 is 5.91 Å². The predicted octanol–water partition coefficient (Wildman–Crippen LogP) is 2.53. The van der Waals surface area contributed by atoms with Gasteiger partial charge in [-0.15, -0.1) is 0 Å². The minimum Gasteiger partial charge on any atom is -0.496 e. The number of methoxy groups -OCH3 is 1. The fraction of sp³-hybridized carbons (Fsp3) is 0.435. The standard InChI is InChI=1S/C23H27NO5/c1-27-21-5-3-2-4-18(21)23(9-12-28-13-10-23)22(26)24-15-19(25)16-6-7-20-17(14-16)8-11-29-20/h2-7,14,19,25H,8-13,15H2,1H3,(H,24,26)/t19-/m1/s1. The molecule has 0 aliphatic carbocycles. The zero-order valence-electron chi connectivity index (χ0n) is 16.6. The lowest BCUT2D eigenvalue weighted by atomic mass is 9.73. The minimum absolute atomic E-state index is 0.103. The molecule has 0 saturated carbocycles. The van der Waals surface area contributed by atoms with Gasteiger partial charge in [-0.05, 0) is 42.2 Å². The molecule has 2 N–H and O–H groups in total. The Kier molecular flexibility index (Phi) is 5.74. The van der Waals surface area contributed by atoms with E-state index in [4.69, 9.17) is 14.2 Å². The van der Waals surface area contributed by atoms with E-state index < -0.39 is 11.5 Å². The first-order chi connectivity index (χ1) is 14.1. The molecule has 2 aromatic carbocycles. The van der Waals surface area contributed by atoms with Gasteiger partial charge in [0.15, 0.2) is 0 Å². The van der Waals surface area contributed by atoms with Gasteiger partial charge < -0.3 is 24.6 Å². The summed E-state index contributed by atoms with van der Waals surface area (Å²) < 4.78 is 16.6. The van der Waals surface area contributed by atoms with Crippen LogP contribution in [0.5, 0.6) is 11.5 Å². The third-order valence-corrected chi connectivity index (χ3v) is 5.96. The number of fused-ring (bicyclic) bond motifs is 1. The Morgan fingerprint density at radius 3 is 2.79 bits per heavy atom. The van der Waals surface area contributed by atoms with Crippen LogP contribution in [-0.2, 0) is 21.4 Å². The molecular formula is C23H27NO5. The molecule has 6 nitrogen and oxygen atoms in total. The maximum atomic E-state index is 13.4. The number of ether oxygens (including phenoxy) is 3. The van der Waals surface area contributed by atoms with E-state index in [1.165, 1.54) is 0 Å². The second-order valence-electron chi connectivity index (χ2n) is 7.59. The third kappa shape index (κ3) is 3.82. The lowest BCUT2D eigenvalue weighted by Crippen LogP contribution is -2.49. The van der Waals surface area contributed by atoms with Crippen molar-refractivity contribution in [2.24, 2.45) is 0 Å². The van der Waals surface area contributed by atoms with Crippen LogP contribution in [0.4, 0.5) is 0 Å². The first-order valence-electron chi connectivity index (χ1n) is 10.1. The zero-order chi connectivity index (χ0) is 20.3. The number of para-hydroxylation sites is 1. The van der Waals surface area contributed by atoms with Crippen LogP contribution < -0.4 is 14.8 Å². The lowest BCUT2D eigenvalue weighted by Gasteiger charge is -2.37. The van der Waals surface area contributed by atoms with Crippen LogP contribution in [0.2, 0.25) is 0 Å². The average Bonchev–Trinajstić information content (AvgIpc) is 3.25. The maximum absolute atomic E-state index is 13.4. The van der Waals surface area contributed by atoms with Gasteiger partial charge in [-0.2, -0.15) is 0 Å². The van der Waals surface area contributed by atoms with E-state index in [0.717, 1.165) is 28.9 Å². The summed E-state index contributed by atoms with van der Waals surface area (Å²) in [5.41, 5.74) is 2.03. The van der Waals surface area contributed by atoms with Gasteiger partial charge in [0.1, 0.15) is 11.5 Å². The number of aliphatic hydroxyl groups excluding tert-OH is 1. The van der Waals surface area contributed by atoms with E-state index >= 15 is 0 Å². The second-order valence-corrected chi connectivity index (χ2v) is 7.59. The molecule has 4 rings (SSSR count). The molecule has 29 heavy (non-hydrogen) atoms. The van der Waals surface area contributed by atoms with Gasteiger partial charge in [0, 0.05) is 31.7 Å². The van der Waals surface area contributed by atoms with Gasteiger partial charge in [0.2, 0.25) is 5.91 Å². The number of carbonyl (C=O) groups excluding carboxylic acids is 1. The number of amides is 1. The first-order valence-corrected chi connectivity index (χ1v) is 10.1. The molecule has 2 heterocycles. The summed E-state index contributed by atoms with van der Waals surface area (Å²) in [5.74, 6) is 1.47. The van der Waals surface area contributed by atoms with E-state index in [0.29, 0.717) is 38.4 Å². The molecule has 2 aliphatic rings. The fourth-order valence-electron chi connectivity index (χ4n) is 4.27. The molecule has 2 aliphatic heterocycles. The Balaban J connectivity index is 1.51. The smallest absolute Gasteiger partial charge is 0.231 e. The van der Waals surface area contributed by atoms with Crippen molar-refractivity contribution in [2.45, 2.75) is 30.8 Å². The monoisotopic (exact) mass is 397 g/mol. The van der Waals surface area contributed by atoms with Gasteiger partial charge in [0.05, 0.1) is 25.2 Å². The summed E-state index contributed by atoms with van der Waals surface area (Å²) in [6.45, 7) is 1.85. The zero-order valence-corrected chi connectivity index (χ0v) is 16.6. The van der Waals surface area contributed by atoms with E-state index in [-0.39, 0.29) is 12.5 Å². The van der Waals surface area contributed by atoms with Gasteiger partial charge in [-0.1, -0.05) is 24.3 Å². The number of benzene rings is 2. The number of rotatable bonds is 6. The Hall–Kier alpha value is -2.57. The summed E-state index contributed by atoms with van der Waals surface area (Å²) in [4.78, 5) is 13.4. The van der Waals surface area contributed by atoms with Crippen LogP contribution in [0.25, 0.3) is 0 Å². The van der Waals surface area contributed by atoms with Crippen molar-refractivity contribution in [3.8, 4) is 11.5 Å². The molecule has 0 bridgehead atoms. The minimum atomic E-state index is -0.778. The molecule has 0 spiro atoms. The fourth-order valence-corrected chi connectivity index (χ4v) is 4.27. The molecule has 1 saturated heterocycles. The summed E-state index contributed by atoms with van der Waals surface area (Å²) in [7, 11) is 1.62. The summed E-state index contributed by atoms with van der Waals surface area (Å²) >= 11 is 0. The number of hydrogen-bond acceptors (Lipinski definition) is 5. The molecule has 154 valence electrons. The predicted molar refractivity (Wildman–Crippen MR) is 108 cm³/mol. The lowest BCUT2D eigenvalue weighted by molar-refractivity contribution is -0.131. The summed E-state index contributed by atoms with van der Waals surface area (Å²) in [6.07, 6.45) is 1.22. The van der Waals surface area contributed by atoms with Crippen molar-refractivity contribution in [3.63, 3.8) is 0 Å². The molecule has 0 radical (unpaired) electrons. The molecule has 2 aromatic rings. The summed E-state index contributed by atoms with van der Waals surface area (Å²) in [5, 5.41) is 13.6. The third-order valence-electron chi connectivity index (χ3n) is 5.96. The molecule has 0 aromatic heterocycles. The average molecular weight is 397 g/mol. The Bertz CT molecular complexity index is 875. The molecule has 1 fully saturated rings. The van der Waals surface area contributed by atoms with Gasteiger partial charge in [-0.25, -0.2) is 0 Å². The molecule has 1 amide bonds. The topological polar surface area (TPSA) is 77.0 Å². The van der Waals surface area contributed by atoms with Crippen LogP contribution in [0.3, 0.4) is 0 Å². The Morgan fingerprint density at radius 2 is 2.00 bits per heavy atom. The van der Waals surface area contributed by atoms with E-state index in [9.17, 15) is 9.90 Å². The highest BCUT2D eigenvalue weighted by atomic mass is 16.5. The number of nitrogens with one attached hydrogen (secondary N) is 1. The van der Waals surface area contributed by atoms with Gasteiger partial charge in [0.25, 0.3) is 0 Å². The van der Waals surface area contributed by atoms with Gasteiger partial charge >= 0.3 is 0 Å². The largest absolute Gasteiger partial charge is 0.496 e. The highest BCUT2D eigenvalue weighted by Crippen LogP contribution is 2.40. The second kappa shape index (κ2) is 8.43. The van der Waals surface area contributed by atoms with Gasteiger partial charge in [-0.3, -0.25) is 4.79 Å².